The molecule has 3 unspecified atom stereocenters. The van der Waals surface area contributed by atoms with E-state index < -0.39 is 79.7 Å². The number of carbonyl (C=O) groups excluding carboxylic acids is 8. The van der Waals surface area contributed by atoms with E-state index >= 15 is 0 Å². The lowest BCUT2D eigenvalue weighted by Crippen LogP contribution is -2.58. The zero-order valence-corrected chi connectivity index (χ0v) is 15.7. The highest BCUT2D eigenvalue weighted by molar-refractivity contribution is 5.94. The number of esters is 1. The molecule has 0 bridgehead atoms. The van der Waals surface area contributed by atoms with Gasteiger partial charge < -0.3 is 21.3 Å². The summed E-state index contributed by atoms with van der Waals surface area (Å²) in [5, 5.41) is 10.6. The van der Waals surface area contributed by atoms with Crippen LogP contribution in [-0.2, 0) is 72.4 Å². The first kappa shape index (κ1) is 27.7. The molecule has 0 saturated carbocycles. The van der Waals surface area contributed by atoms with Gasteiger partial charge >= 0.3 is 43.3 Å². The first-order valence-electron chi connectivity index (χ1n) is 7.92. The fraction of sp³-hybridized carbons (Fsp3) is 0.429. The van der Waals surface area contributed by atoms with Gasteiger partial charge in [-0.2, -0.15) is 0 Å². The van der Waals surface area contributed by atoms with E-state index in [1.807, 2.05) is 0 Å². The van der Waals surface area contributed by atoms with Crippen molar-refractivity contribution in [1.29, 1.82) is 0 Å². The van der Waals surface area contributed by atoms with Crippen LogP contribution in [-0.4, -0.2) is 72.1 Å². The van der Waals surface area contributed by atoms with E-state index in [0.29, 0.717) is 0 Å². The Bertz CT molecular complexity index is 738. The normalized spacial score (nSPS) is 13.6. The van der Waals surface area contributed by atoms with E-state index in [-0.39, 0.29) is 6.47 Å². The standard InChI is InChI=1S/C14H16N2O16/c15-7(1-2-8(16)20)11(22)29-10(12(23)31-27-5-18)14(25,13(24)32-28-6-19)3-9(21)30-26-4-17/h4-7,10,25H,1-3,15H2,(H2,16,20). The zero-order valence-electron chi connectivity index (χ0n) is 15.7. The summed E-state index contributed by atoms with van der Waals surface area (Å²) in [5.41, 5.74) is 6.73. The predicted octanol–water partition coefficient (Wildman–Crippen LogP) is -4.49. The molecule has 1 amide bonds. The minimum Gasteiger partial charge on any atom is -0.445 e. The Kier molecular flexibility index (Phi) is 12.0. The molecule has 0 radical (unpaired) electrons. The van der Waals surface area contributed by atoms with Crippen LogP contribution >= 0.6 is 0 Å². The van der Waals surface area contributed by atoms with Crippen LogP contribution in [0.4, 0.5) is 0 Å². The van der Waals surface area contributed by atoms with Crippen molar-refractivity contribution in [1.82, 2.24) is 0 Å². The minimum atomic E-state index is -3.60. The molecule has 178 valence electrons. The second-order valence-corrected chi connectivity index (χ2v) is 5.34. The molecule has 3 atom stereocenters. The third-order valence-electron chi connectivity index (χ3n) is 3.17. The molecule has 0 aromatic carbocycles. The first-order chi connectivity index (χ1) is 15.0. The summed E-state index contributed by atoms with van der Waals surface area (Å²) in [6, 6.07) is -1.67. The highest BCUT2D eigenvalue weighted by Crippen LogP contribution is 2.24. The van der Waals surface area contributed by atoms with Crippen LogP contribution in [0.2, 0.25) is 0 Å². The fourth-order valence-corrected chi connectivity index (χ4v) is 1.80. The van der Waals surface area contributed by atoms with Gasteiger partial charge in [0.15, 0.2) is 0 Å². The predicted molar refractivity (Wildman–Crippen MR) is 85.6 cm³/mol. The van der Waals surface area contributed by atoms with Crippen LogP contribution in [0, 0.1) is 0 Å². The molecule has 32 heavy (non-hydrogen) atoms. The lowest BCUT2D eigenvalue weighted by molar-refractivity contribution is -0.281. The van der Waals surface area contributed by atoms with E-state index in [4.69, 9.17) is 11.5 Å². The van der Waals surface area contributed by atoms with Crippen LogP contribution < -0.4 is 11.5 Å². The second kappa shape index (κ2) is 13.8. The van der Waals surface area contributed by atoms with Gasteiger partial charge in [0, 0.05) is 6.42 Å². The van der Waals surface area contributed by atoms with Crippen LogP contribution in [0.3, 0.4) is 0 Å². The smallest absolute Gasteiger partial charge is 0.399 e. The van der Waals surface area contributed by atoms with Crippen LogP contribution in [0.5, 0.6) is 0 Å². The summed E-state index contributed by atoms with van der Waals surface area (Å²) >= 11 is 0. The largest absolute Gasteiger partial charge is 0.445 e. The van der Waals surface area contributed by atoms with Crippen LogP contribution in [0.1, 0.15) is 19.3 Å². The maximum atomic E-state index is 12.1. The number of amides is 1. The van der Waals surface area contributed by atoms with E-state index in [1.54, 1.807) is 0 Å². The quantitative estimate of drug-likeness (QED) is 0.0832. The second-order valence-electron chi connectivity index (χ2n) is 5.34. The van der Waals surface area contributed by atoms with Gasteiger partial charge in [-0.05, 0) is 6.42 Å². The maximum Gasteiger partial charge on any atom is 0.399 e. The lowest BCUT2D eigenvalue weighted by atomic mass is 9.92. The molecule has 0 aliphatic heterocycles. The van der Waals surface area contributed by atoms with Gasteiger partial charge in [-0.15, -0.1) is 0 Å². The Labute approximate surface area is 176 Å². The molecule has 0 aromatic rings. The van der Waals surface area contributed by atoms with Gasteiger partial charge in [0.2, 0.25) is 17.6 Å². The van der Waals surface area contributed by atoms with Crippen molar-refractivity contribution in [3.8, 4) is 0 Å². The van der Waals surface area contributed by atoms with Crippen LogP contribution in [0.15, 0.2) is 0 Å². The molecule has 0 rings (SSSR count). The third-order valence-corrected chi connectivity index (χ3v) is 3.17. The zero-order chi connectivity index (χ0) is 24.7. The number of hydrogen-bond donors (Lipinski definition) is 3. The van der Waals surface area contributed by atoms with E-state index in [9.17, 15) is 43.5 Å². The average Bonchev–Trinajstić information content (AvgIpc) is 2.75. The first-order valence-corrected chi connectivity index (χ1v) is 7.92. The summed E-state index contributed by atoms with van der Waals surface area (Å²) in [6.07, 6.45) is -5.39. The number of carbonyl (C=O) groups is 8. The van der Waals surface area contributed by atoms with E-state index in [0.717, 1.165) is 0 Å². The summed E-state index contributed by atoms with van der Waals surface area (Å²) in [6.45, 7) is -1.28. The van der Waals surface area contributed by atoms with Crippen molar-refractivity contribution in [2.45, 2.75) is 37.0 Å². The fourth-order valence-electron chi connectivity index (χ4n) is 1.80. The monoisotopic (exact) mass is 468 g/mol. The Hall–Kier alpha value is -4.32. The van der Waals surface area contributed by atoms with Crippen LogP contribution in [0.25, 0.3) is 0 Å². The molecule has 0 saturated heterocycles. The van der Waals surface area contributed by atoms with Gasteiger partial charge in [0.1, 0.15) is 6.04 Å². The molecule has 0 aliphatic carbocycles. The third kappa shape index (κ3) is 9.00. The maximum absolute atomic E-state index is 12.1. The van der Waals surface area contributed by atoms with Crippen molar-refractivity contribution in [2.24, 2.45) is 11.5 Å². The lowest BCUT2D eigenvalue weighted by Gasteiger charge is -2.29. The van der Waals surface area contributed by atoms with Gasteiger partial charge in [-0.3, -0.25) is 38.6 Å². The Morgan fingerprint density at radius 2 is 1.41 bits per heavy atom. The van der Waals surface area contributed by atoms with Crippen molar-refractivity contribution < 1.29 is 77.5 Å². The molecule has 0 aliphatic rings. The Morgan fingerprint density at radius 1 is 0.875 bits per heavy atom. The van der Waals surface area contributed by atoms with Gasteiger partial charge in [0.25, 0.3) is 0 Å². The van der Waals surface area contributed by atoms with Gasteiger partial charge in [-0.1, -0.05) is 0 Å². The van der Waals surface area contributed by atoms with E-state index in [2.05, 4.69) is 34.1 Å². The highest BCUT2D eigenvalue weighted by atomic mass is 17.2. The number of ether oxygens (including phenoxy) is 1. The van der Waals surface area contributed by atoms with Gasteiger partial charge in [-0.25, -0.2) is 29.0 Å². The summed E-state index contributed by atoms with van der Waals surface area (Å²) in [5.74, 6) is -8.25. The molecule has 0 fully saturated rings. The molecule has 0 aromatic heterocycles. The molecule has 5 N–H and O–H groups in total. The van der Waals surface area contributed by atoms with Crippen molar-refractivity contribution >= 4 is 49.2 Å². The van der Waals surface area contributed by atoms with Crippen molar-refractivity contribution in [3.05, 3.63) is 0 Å². The number of rotatable bonds is 16. The topological polar surface area (TPSA) is 273 Å². The molecular formula is C14H16N2O16. The summed E-state index contributed by atoms with van der Waals surface area (Å²) in [7, 11) is 0. The number of nitrogens with two attached hydrogens (primary N) is 2. The Balaban J connectivity index is 6.01. The van der Waals surface area contributed by atoms with Gasteiger partial charge in [0.05, 0.1) is 6.42 Å². The Morgan fingerprint density at radius 3 is 1.94 bits per heavy atom. The number of primary amides is 1. The molecule has 18 heteroatoms. The minimum absolute atomic E-state index is 0.383. The number of hydrogen-bond acceptors (Lipinski definition) is 17. The molecule has 18 nitrogen and oxygen atoms in total. The van der Waals surface area contributed by atoms with Crippen molar-refractivity contribution in [2.75, 3.05) is 0 Å². The van der Waals surface area contributed by atoms with Crippen molar-refractivity contribution in [3.63, 3.8) is 0 Å². The molecule has 0 heterocycles. The molecule has 0 spiro atoms. The summed E-state index contributed by atoms with van der Waals surface area (Å²) in [4.78, 5) is 112. The number of aliphatic hydroxyl groups is 1. The highest BCUT2D eigenvalue weighted by Gasteiger charge is 2.57. The average molecular weight is 468 g/mol. The van der Waals surface area contributed by atoms with E-state index in [1.165, 1.54) is 0 Å². The molecular weight excluding hydrogens is 452 g/mol. The summed E-state index contributed by atoms with van der Waals surface area (Å²) < 4.78 is 4.58. The SMILES string of the molecule is NC(=O)CCC(N)C(=O)OC(C(=O)OOC=O)C(O)(CC(=O)OOC=O)C(=O)OOC=O.